The fourth-order valence-electron chi connectivity index (χ4n) is 1.64. The molecule has 0 unspecified atom stereocenters. The Balaban J connectivity index is 2.61. The monoisotopic (exact) mass is 266 g/mol. The number of benzene rings is 1. The van der Waals surface area contributed by atoms with Gasteiger partial charge in [0.25, 0.3) is 0 Å². The highest BCUT2D eigenvalue weighted by Gasteiger charge is 2.18. The van der Waals surface area contributed by atoms with Crippen molar-refractivity contribution in [3.63, 3.8) is 0 Å². The summed E-state index contributed by atoms with van der Waals surface area (Å²) in [5, 5.41) is 15.3. The van der Waals surface area contributed by atoms with Crippen LogP contribution in [0.15, 0.2) is 33.8 Å². The molecule has 0 aliphatic rings. The summed E-state index contributed by atoms with van der Waals surface area (Å²) in [5.74, 6) is -0.193. The van der Waals surface area contributed by atoms with Crippen LogP contribution in [-0.4, -0.2) is 22.7 Å². The van der Waals surface area contributed by atoms with E-state index < -0.39 is 0 Å². The molecular weight excluding hydrogens is 256 g/mol. The number of carbonyl (C=O) groups is 1. The van der Waals surface area contributed by atoms with Gasteiger partial charge in [0.05, 0.1) is 5.69 Å². The van der Waals surface area contributed by atoms with Crippen LogP contribution in [0.3, 0.4) is 0 Å². The second-order valence-corrected chi connectivity index (χ2v) is 3.94. The highest BCUT2D eigenvalue weighted by Crippen LogP contribution is 2.31. The Morgan fingerprint density at radius 2 is 2.22 bits per heavy atom. The molecule has 1 amide bonds. The molecule has 0 saturated heterocycles. The Morgan fingerprint density at radius 3 is 2.89 bits per heavy atom. The summed E-state index contributed by atoms with van der Waals surface area (Å²) >= 11 is 5.46. The van der Waals surface area contributed by atoms with E-state index >= 15 is 0 Å². The number of nitrogens with zero attached hydrogens (tertiary/aromatic N) is 1. The third kappa shape index (κ3) is 2.17. The van der Waals surface area contributed by atoms with Crippen LogP contribution in [0.5, 0.6) is 0 Å². The molecule has 2 rings (SSSR count). The quantitative estimate of drug-likeness (QED) is 0.388. The third-order valence-corrected chi connectivity index (χ3v) is 2.70. The van der Waals surface area contributed by atoms with Gasteiger partial charge >= 0.3 is 0 Å². The molecule has 0 atom stereocenters. The SMILES string of the molecule is CC(=NO)c1oc2ccccc2c1NC(=O)CCl. The smallest absolute Gasteiger partial charge is 0.239 e. The zero-order chi connectivity index (χ0) is 13.1. The minimum absolute atomic E-state index is 0.158. The molecule has 0 saturated carbocycles. The molecule has 0 aliphatic heterocycles. The minimum Gasteiger partial charge on any atom is -0.452 e. The van der Waals surface area contributed by atoms with Gasteiger partial charge in [-0.1, -0.05) is 17.3 Å². The lowest BCUT2D eigenvalue weighted by atomic mass is 10.2. The van der Waals surface area contributed by atoms with Crippen LogP contribution in [0.4, 0.5) is 5.69 Å². The van der Waals surface area contributed by atoms with Crippen molar-refractivity contribution in [2.24, 2.45) is 5.16 Å². The van der Waals surface area contributed by atoms with E-state index in [0.717, 1.165) is 5.39 Å². The Kier molecular flexibility index (Phi) is 3.53. The van der Waals surface area contributed by atoms with Crippen LogP contribution in [0.2, 0.25) is 0 Å². The number of para-hydroxylation sites is 1. The topological polar surface area (TPSA) is 74.8 Å². The van der Waals surface area contributed by atoms with E-state index in [9.17, 15) is 4.79 Å². The van der Waals surface area contributed by atoms with E-state index in [1.165, 1.54) is 0 Å². The van der Waals surface area contributed by atoms with Gasteiger partial charge in [0.15, 0.2) is 5.76 Å². The number of fused-ring (bicyclic) bond motifs is 1. The minimum atomic E-state index is -0.352. The van der Waals surface area contributed by atoms with Crippen molar-refractivity contribution in [3.8, 4) is 0 Å². The van der Waals surface area contributed by atoms with Crippen molar-refractivity contribution in [1.29, 1.82) is 0 Å². The van der Waals surface area contributed by atoms with Gasteiger partial charge < -0.3 is 14.9 Å². The normalized spacial score (nSPS) is 11.8. The predicted molar refractivity (Wildman–Crippen MR) is 69.6 cm³/mol. The summed E-state index contributed by atoms with van der Waals surface area (Å²) in [6.07, 6.45) is 0. The average molecular weight is 267 g/mol. The van der Waals surface area contributed by atoms with Crippen molar-refractivity contribution in [2.75, 3.05) is 11.2 Å². The van der Waals surface area contributed by atoms with E-state index in [4.69, 9.17) is 21.2 Å². The summed E-state index contributed by atoms with van der Waals surface area (Å²) in [6, 6.07) is 7.20. The third-order valence-electron chi connectivity index (χ3n) is 2.46. The van der Waals surface area contributed by atoms with Gasteiger partial charge in [-0.05, 0) is 19.1 Å². The number of anilines is 1. The second kappa shape index (κ2) is 5.10. The average Bonchev–Trinajstić information content (AvgIpc) is 2.77. The molecule has 0 radical (unpaired) electrons. The lowest BCUT2D eigenvalue weighted by Gasteiger charge is -2.02. The van der Waals surface area contributed by atoms with Crippen LogP contribution >= 0.6 is 11.6 Å². The number of alkyl halides is 1. The van der Waals surface area contributed by atoms with Gasteiger partial charge in [-0.2, -0.15) is 0 Å². The number of oxime groups is 1. The lowest BCUT2D eigenvalue weighted by Crippen LogP contribution is -2.14. The maximum Gasteiger partial charge on any atom is 0.239 e. The molecule has 6 heteroatoms. The Morgan fingerprint density at radius 1 is 1.50 bits per heavy atom. The van der Waals surface area contributed by atoms with E-state index in [2.05, 4.69) is 10.5 Å². The molecule has 0 bridgehead atoms. The number of amides is 1. The Bertz CT molecular complexity index is 619. The molecule has 1 heterocycles. The van der Waals surface area contributed by atoms with Gasteiger partial charge in [-0.15, -0.1) is 11.6 Å². The number of hydrogen-bond acceptors (Lipinski definition) is 4. The maximum absolute atomic E-state index is 11.4. The van der Waals surface area contributed by atoms with E-state index in [-0.39, 0.29) is 17.5 Å². The largest absolute Gasteiger partial charge is 0.452 e. The molecular formula is C12H11ClN2O3. The van der Waals surface area contributed by atoms with Crippen LogP contribution in [-0.2, 0) is 4.79 Å². The summed E-state index contributed by atoms with van der Waals surface area (Å²) < 4.78 is 5.55. The van der Waals surface area contributed by atoms with Crippen molar-refractivity contribution in [2.45, 2.75) is 6.92 Å². The molecule has 0 aliphatic carbocycles. The van der Waals surface area contributed by atoms with Crippen molar-refractivity contribution >= 4 is 39.9 Å². The molecule has 0 spiro atoms. The van der Waals surface area contributed by atoms with Gasteiger partial charge in [-0.25, -0.2) is 0 Å². The number of rotatable bonds is 3. The molecule has 18 heavy (non-hydrogen) atoms. The summed E-state index contributed by atoms with van der Waals surface area (Å²) in [4.78, 5) is 11.4. The van der Waals surface area contributed by atoms with Crippen LogP contribution in [0.25, 0.3) is 11.0 Å². The molecule has 5 nitrogen and oxygen atoms in total. The summed E-state index contributed by atoms with van der Waals surface area (Å²) in [7, 11) is 0. The maximum atomic E-state index is 11.4. The lowest BCUT2D eigenvalue weighted by molar-refractivity contribution is -0.113. The molecule has 94 valence electrons. The highest BCUT2D eigenvalue weighted by atomic mass is 35.5. The number of furan rings is 1. The van der Waals surface area contributed by atoms with Gasteiger partial charge in [0.2, 0.25) is 5.91 Å². The van der Waals surface area contributed by atoms with Gasteiger partial charge in [0, 0.05) is 5.39 Å². The Hall–Kier alpha value is -2.01. The number of carbonyl (C=O) groups excluding carboxylic acids is 1. The predicted octanol–water partition coefficient (Wildman–Crippen LogP) is 2.81. The molecule has 0 fully saturated rings. The fraction of sp³-hybridized carbons (Fsp3) is 0.167. The number of hydrogen-bond donors (Lipinski definition) is 2. The number of halogens is 1. The van der Waals surface area contributed by atoms with Crippen LogP contribution in [0, 0.1) is 0 Å². The molecule has 1 aromatic carbocycles. The second-order valence-electron chi connectivity index (χ2n) is 3.67. The zero-order valence-corrected chi connectivity index (χ0v) is 10.4. The van der Waals surface area contributed by atoms with Crippen molar-refractivity contribution in [3.05, 3.63) is 30.0 Å². The van der Waals surface area contributed by atoms with Crippen LogP contribution in [0.1, 0.15) is 12.7 Å². The Labute approximate surface area is 108 Å². The zero-order valence-electron chi connectivity index (χ0n) is 9.61. The fourth-order valence-corrected chi connectivity index (χ4v) is 1.71. The summed E-state index contributed by atoms with van der Waals surface area (Å²) in [5.41, 5.74) is 1.34. The van der Waals surface area contributed by atoms with Gasteiger partial charge in [0.1, 0.15) is 17.2 Å². The van der Waals surface area contributed by atoms with Crippen LogP contribution < -0.4 is 5.32 Å². The summed E-state index contributed by atoms with van der Waals surface area (Å²) in [6.45, 7) is 1.58. The standard InChI is InChI=1S/C12H11ClN2O3/c1-7(15-17)12-11(14-10(16)6-13)8-4-2-3-5-9(8)18-12/h2-5,17H,6H2,1H3,(H,14,16). The highest BCUT2D eigenvalue weighted by molar-refractivity contribution is 6.29. The van der Waals surface area contributed by atoms with Crippen molar-refractivity contribution in [1.82, 2.24) is 0 Å². The van der Waals surface area contributed by atoms with E-state index in [1.54, 1.807) is 19.1 Å². The first-order chi connectivity index (χ1) is 8.67. The molecule has 2 N–H and O–H groups in total. The number of nitrogens with one attached hydrogen (secondary N) is 1. The first-order valence-corrected chi connectivity index (χ1v) is 5.77. The van der Waals surface area contributed by atoms with E-state index in [0.29, 0.717) is 17.0 Å². The van der Waals surface area contributed by atoms with Gasteiger partial charge in [-0.3, -0.25) is 4.79 Å². The first-order valence-electron chi connectivity index (χ1n) is 5.23. The van der Waals surface area contributed by atoms with Crippen molar-refractivity contribution < 1.29 is 14.4 Å². The van der Waals surface area contributed by atoms with E-state index in [1.807, 2.05) is 12.1 Å². The first kappa shape index (κ1) is 12.4. The molecule has 1 aromatic heterocycles. The molecule has 2 aromatic rings.